The lowest BCUT2D eigenvalue weighted by atomic mass is 10.0. The van der Waals surface area contributed by atoms with Crippen molar-refractivity contribution >= 4 is 17.3 Å². The predicted molar refractivity (Wildman–Crippen MR) is 102 cm³/mol. The summed E-state index contributed by atoms with van der Waals surface area (Å²) >= 11 is 0. The van der Waals surface area contributed by atoms with Crippen molar-refractivity contribution in [3.63, 3.8) is 0 Å². The number of piperidine rings is 1. The number of nitro benzene ring substituents is 1. The molecule has 0 atom stereocenters. The van der Waals surface area contributed by atoms with Gasteiger partial charge >= 0.3 is 0 Å². The van der Waals surface area contributed by atoms with E-state index in [9.17, 15) is 14.9 Å². The normalized spacial score (nSPS) is 14.9. The van der Waals surface area contributed by atoms with Crippen LogP contribution < -0.4 is 10.2 Å². The summed E-state index contributed by atoms with van der Waals surface area (Å²) in [7, 11) is 0. The van der Waals surface area contributed by atoms with E-state index in [-0.39, 0.29) is 22.6 Å². The molecule has 26 heavy (non-hydrogen) atoms. The van der Waals surface area contributed by atoms with Gasteiger partial charge in [0.15, 0.2) is 0 Å². The third-order valence-corrected chi connectivity index (χ3v) is 4.96. The molecule has 1 N–H and O–H groups in total. The highest BCUT2D eigenvalue weighted by Gasteiger charge is 2.22. The third-order valence-electron chi connectivity index (χ3n) is 4.96. The van der Waals surface area contributed by atoms with E-state index in [0.717, 1.165) is 42.7 Å². The van der Waals surface area contributed by atoms with Crippen LogP contribution in [-0.4, -0.2) is 30.0 Å². The van der Waals surface area contributed by atoms with Crippen LogP contribution in [0, 0.1) is 24.0 Å². The largest absolute Gasteiger partial charge is 0.371 e. The first-order valence-corrected chi connectivity index (χ1v) is 8.82. The molecule has 1 aliphatic rings. The van der Waals surface area contributed by atoms with E-state index in [4.69, 9.17) is 0 Å². The van der Waals surface area contributed by atoms with Crippen LogP contribution in [0.2, 0.25) is 0 Å². The number of carbonyl (C=O) groups excluding carboxylic acids is 1. The summed E-state index contributed by atoms with van der Waals surface area (Å²) in [5, 5.41) is 14.1. The van der Waals surface area contributed by atoms with E-state index in [0.29, 0.717) is 5.56 Å². The van der Waals surface area contributed by atoms with Crippen molar-refractivity contribution in [2.75, 3.05) is 18.0 Å². The molecule has 2 aromatic carbocycles. The lowest BCUT2D eigenvalue weighted by Crippen LogP contribution is -2.44. The fourth-order valence-corrected chi connectivity index (χ4v) is 3.41. The number of benzene rings is 2. The van der Waals surface area contributed by atoms with Crippen LogP contribution in [0.1, 0.15) is 34.3 Å². The molecule has 0 bridgehead atoms. The Labute approximate surface area is 153 Å². The fourth-order valence-electron chi connectivity index (χ4n) is 3.41. The molecule has 0 saturated carbocycles. The molecule has 0 aromatic heterocycles. The summed E-state index contributed by atoms with van der Waals surface area (Å²) in [4.78, 5) is 25.3. The van der Waals surface area contributed by atoms with Gasteiger partial charge in [0.05, 0.1) is 4.92 Å². The van der Waals surface area contributed by atoms with E-state index in [2.05, 4.69) is 10.2 Å². The molecule has 0 spiro atoms. The SMILES string of the molecule is Cc1ccccc1C(=O)NC1CCN(c2ccc([N+](=O)[O-])c(C)c2)CC1. The van der Waals surface area contributed by atoms with Gasteiger partial charge in [0.25, 0.3) is 11.6 Å². The van der Waals surface area contributed by atoms with Crippen LogP contribution in [0.25, 0.3) is 0 Å². The van der Waals surface area contributed by atoms with Crippen molar-refractivity contribution in [1.29, 1.82) is 0 Å². The van der Waals surface area contributed by atoms with E-state index in [1.807, 2.05) is 37.3 Å². The molecule has 1 aliphatic heterocycles. The topological polar surface area (TPSA) is 75.5 Å². The maximum Gasteiger partial charge on any atom is 0.272 e. The van der Waals surface area contributed by atoms with Crippen molar-refractivity contribution in [3.05, 3.63) is 69.3 Å². The smallest absolute Gasteiger partial charge is 0.272 e. The Kier molecular flexibility index (Phi) is 5.21. The van der Waals surface area contributed by atoms with Crippen LogP contribution in [0.15, 0.2) is 42.5 Å². The van der Waals surface area contributed by atoms with Gasteiger partial charge in [0.1, 0.15) is 0 Å². The molecule has 0 aliphatic carbocycles. The Bertz CT molecular complexity index is 827. The monoisotopic (exact) mass is 353 g/mol. The number of anilines is 1. The molecule has 1 amide bonds. The van der Waals surface area contributed by atoms with Crippen molar-refractivity contribution in [1.82, 2.24) is 5.32 Å². The molecule has 1 saturated heterocycles. The molecule has 0 unspecified atom stereocenters. The Hall–Kier alpha value is -2.89. The van der Waals surface area contributed by atoms with Gasteiger partial charge in [0, 0.05) is 42.0 Å². The molecule has 6 nitrogen and oxygen atoms in total. The molecular formula is C20H23N3O3. The number of amides is 1. The first-order valence-electron chi connectivity index (χ1n) is 8.82. The van der Waals surface area contributed by atoms with Crippen molar-refractivity contribution < 1.29 is 9.72 Å². The average Bonchev–Trinajstić information content (AvgIpc) is 2.62. The Morgan fingerprint density at radius 1 is 1.12 bits per heavy atom. The average molecular weight is 353 g/mol. The second kappa shape index (κ2) is 7.56. The van der Waals surface area contributed by atoms with Crippen molar-refractivity contribution in [2.24, 2.45) is 0 Å². The quantitative estimate of drug-likeness (QED) is 0.673. The lowest BCUT2D eigenvalue weighted by molar-refractivity contribution is -0.385. The van der Waals surface area contributed by atoms with E-state index in [1.54, 1.807) is 19.1 Å². The first kappa shape index (κ1) is 17.9. The van der Waals surface area contributed by atoms with Gasteiger partial charge in [0.2, 0.25) is 0 Å². The fraction of sp³-hybridized carbons (Fsp3) is 0.350. The summed E-state index contributed by atoms with van der Waals surface area (Å²) in [6, 6.07) is 13.0. The zero-order valence-electron chi connectivity index (χ0n) is 15.1. The molecule has 3 rings (SSSR count). The standard InChI is InChI=1S/C20H23N3O3/c1-14-5-3-4-6-18(14)20(24)21-16-9-11-22(12-10-16)17-7-8-19(23(25)26)15(2)13-17/h3-8,13,16H,9-12H2,1-2H3,(H,21,24). The summed E-state index contributed by atoms with van der Waals surface area (Å²) in [5.41, 5.74) is 3.51. The number of hydrogen-bond donors (Lipinski definition) is 1. The molecular weight excluding hydrogens is 330 g/mol. The Morgan fingerprint density at radius 3 is 2.42 bits per heavy atom. The number of nitrogens with one attached hydrogen (secondary N) is 1. The summed E-state index contributed by atoms with van der Waals surface area (Å²) < 4.78 is 0. The zero-order valence-corrected chi connectivity index (χ0v) is 15.1. The minimum absolute atomic E-state index is 0.0206. The number of hydrogen-bond acceptors (Lipinski definition) is 4. The van der Waals surface area contributed by atoms with Crippen molar-refractivity contribution in [2.45, 2.75) is 32.7 Å². The highest BCUT2D eigenvalue weighted by molar-refractivity contribution is 5.95. The molecule has 2 aromatic rings. The van der Waals surface area contributed by atoms with E-state index >= 15 is 0 Å². The third kappa shape index (κ3) is 3.85. The summed E-state index contributed by atoms with van der Waals surface area (Å²) in [6.45, 7) is 5.33. The van der Waals surface area contributed by atoms with Crippen molar-refractivity contribution in [3.8, 4) is 0 Å². The second-order valence-electron chi connectivity index (χ2n) is 6.78. The Morgan fingerprint density at radius 2 is 1.81 bits per heavy atom. The number of nitrogens with zero attached hydrogens (tertiary/aromatic N) is 2. The Balaban J connectivity index is 1.59. The molecule has 0 radical (unpaired) electrons. The highest BCUT2D eigenvalue weighted by atomic mass is 16.6. The van der Waals surface area contributed by atoms with Crippen LogP contribution in [-0.2, 0) is 0 Å². The van der Waals surface area contributed by atoms with Gasteiger partial charge in [-0.25, -0.2) is 0 Å². The summed E-state index contributed by atoms with van der Waals surface area (Å²) in [5.74, 6) is -0.0206. The molecule has 1 fully saturated rings. The maximum absolute atomic E-state index is 12.4. The van der Waals surface area contributed by atoms with Crippen LogP contribution >= 0.6 is 0 Å². The second-order valence-corrected chi connectivity index (χ2v) is 6.78. The predicted octanol–water partition coefficient (Wildman–Crippen LogP) is 3.61. The van der Waals surface area contributed by atoms with Gasteiger partial charge in [-0.2, -0.15) is 0 Å². The van der Waals surface area contributed by atoms with Gasteiger partial charge in [-0.3, -0.25) is 14.9 Å². The van der Waals surface area contributed by atoms with E-state index in [1.165, 1.54) is 0 Å². The van der Waals surface area contributed by atoms with Gasteiger partial charge in [-0.05, 0) is 50.5 Å². The van der Waals surface area contributed by atoms with Gasteiger partial charge in [-0.1, -0.05) is 18.2 Å². The highest BCUT2D eigenvalue weighted by Crippen LogP contribution is 2.26. The van der Waals surface area contributed by atoms with Gasteiger partial charge < -0.3 is 10.2 Å². The minimum atomic E-state index is -0.355. The minimum Gasteiger partial charge on any atom is -0.371 e. The van der Waals surface area contributed by atoms with E-state index < -0.39 is 0 Å². The number of carbonyl (C=O) groups is 1. The number of aryl methyl sites for hydroxylation is 2. The summed E-state index contributed by atoms with van der Waals surface area (Å²) in [6.07, 6.45) is 1.71. The molecule has 1 heterocycles. The lowest BCUT2D eigenvalue weighted by Gasteiger charge is -2.34. The number of nitro groups is 1. The molecule has 6 heteroatoms. The van der Waals surface area contributed by atoms with Crippen LogP contribution in [0.4, 0.5) is 11.4 Å². The number of rotatable bonds is 4. The van der Waals surface area contributed by atoms with Gasteiger partial charge in [-0.15, -0.1) is 0 Å². The van der Waals surface area contributed by atoms with Crippen LogP contribution in [0.5, 0.6) is 0 Å². The van der Waals surface area contributed by atoms with Crippen LogP contribution in [0.3, 0.4) is 0 Å². The first-order chi connectivity index (χ1) is 12.5. The maximum atomic E-state index is 12.4. The zero-order chi connectivity index (χ0) is 18.7. The molecule has 136 valence electrons.